The van der Waals surface area contributed by atoms with E-state index in [2.05, 4.69) is 32.6 Å². The van der Waals surface area contributed by atoms with Crippen molar-refractivity contribution in [2.45, 2.75) is 28.9 Å². The monoisotopic (exact) mass is 347 g/mol. The van der Waals surface area contributed by atoms with Gasteiger partial charge in [-0.1, -0.05) is 30.3 Å². The molecule has 0 unspecified atom stereocenters. The molecule has 2 heterocycles. The number of hydrogen-bond acceptors (Lipinski definition) is 7. The molecule has 0 aliphatic rings. The van der Waals surface area contributed by atoms with E-state index in [0.29, 0.717) is 17.4 Å². The van der Waals surface area contributed by atoms with Crippen LogP contribution >= 0.6 is 23.1 Å². The largest absolute Gasteiger partial charge is 0.481 e. The van der Waals surface area contributed by atoms with Gasteiger partial charge in [-0.15, -0.1) is 16.4 Å². The lowest BCUT2D eigenvalue weighted by molar-refractivity contribution is -0.136. The van der Waals surface area contributed by atoms with E-state index in [1.165, 1.54) is 28.7 Å². The van der Waals surface area contributed by atoms with Crippen LogP contribution in [0.4, 0.5) is 0 Å². The minimum Gasteiger partial charge on any atom is -0.481 e. The maximum absolute atomic E-state index is 10.7. The Hall–Kier alpha value is -2.26. The molecule has 0 saturated heterocycles. The van der Waals surface area contributed by atoms with Crippen molar-refractivity contribution in [1.29, 1.82) is 0 Å². The first-order valence-corrected chi connectivity index (χ1v) is 8.54. The van der Waals surface area contributed by atoms with E-state index in [4.69, 9.17) is 5.11 Å². The number of hydrogen-bond donors (Lipinski definition) is 1. The molecule has 1 aromatic carbocycles. The second kappa shape index (κ2) is 7.34. The summed E-state index contributed by atoms with van der Waals surface area (Å²) in [6, 6.07) is 10.1. The fraction of sp³-hybridized carbons (Fsp3) is 0.214. The lowest BCUT2D eigenvalue weighted by atomic mass is 10.2. The summed E-state index contributed by atoms with van der Waals surface area (Å²) < 4.78 is 2.47. The SMILES string of the molecule is O=C(O)Cc1csc(Sc2nnnn2CCc2ccccc2)n1. The van der Waals surface area contributed by atoms with Crippen LogP contribution in [-0.2, 0) is 24.2 Å². The fourth-order valence-electron chi connectivity index (χ4n) is 1.94. The van der Waals surface area contributed by atoms with Crippen molar-refractivity contribution in [2.75, 3.05) is 0 Å². The highest BCUT2D eigenvalue weighted by Crippen LogP contribution is 2.28. The van der Waals surface area contributed by atoms with Crippen LogP contribution in [0.3, 0.4) is 0 Å². The van der Waals surface area contributed by atoms with Crippen LogP contribution in [0.5, 0.6) is 0 Å². The topological polar surface area (TPSA) is 93.8 Å². The molecule has 0 amide bonds. The Morgan fingerprint density at radius 2 is 2.13 bits per heavy atom. The van der Waals surface area contributed by atoms with E-state index in [1.54, 1.807) is 10.1 Å². The van der Waals surface area contributed by atoms with Crippen molar-refractivity contribution in [3.05, 3.63) is 47.0 Å². The average Bonchev–Trinajstić information content (AvgIpc) is 3.16. The van der Waals surface area contributed by atoms with Crippen LogP contribution in [0.2, 0.25) is 0 Å². The first kappa shape index (κ1) is 15.6. The number of carbonyl (C=O) groups is 1. The average molecular weight is 347 g/mol. The van der Waals surface area contributed by atoms with E-state index >= 15 is 0 Å². The van der Waals surface area contributed by atoms with Gasteiger partial charge in [0.1, 0.15) is 0 Å². The summed E-state index contributed by atoms with van der Waals surface area (Å²) in [6.07, 6.45) is 0.761. The van der Waals surface area contributed by atoms with Gasteiger partial charge in [-0.05, 0) is 34.2 Å². The van der Waals surface area contributed by atoms with Crippen LogP contribution < -0.4 is 0 Å². The Morgan fingerprint density at radius 1 is 1.30 bits per heavy atom. The number of carboxylic acid groups (broad SMARTS) is 1. The molecule has 2 aromatic heterocycles. The molecule has 9 heteroatoms. The van der Waals surface area contributed by atoms with Crippen LogP contribution in [0.15, 0.2) is 45.2 Å². The third kappa shape index (κ3) is 4.36. The Balaban J connectivity index is 1.64. The Morgan fingerprint density at radius 3 is 2.91 bits per heavy atom. The molecule has 7 nitrogen and oxygen atoms in total. The number of aryl methyl sites for hydroxylation is 2. The molecule has 1 N–H and O–H groups in total. The van der Waals surface area contributed by atoms with Crippen molar-refractivity contribution >= 4 is 29.1 Å². The molecule has 23 heavy (non-hydrogen) atoms. The van der Waals surface area contributed by atoms with Gasteiger partial charge in [0.15, 0.2) is 4.34 Å². The summed E-state index contributed by atoms with van der Waals surface area (Å²) in [7, 11) is 0. The highest BCUT2D eigenvalue weighted by Gasteiger charge is 2.12. The first-order chi connectivity index (χ1) is 11.2. The van der Waals surface area contributed by atoms with Crippen LogP contribution in [-0.4, -0.2) is 36.3 Å². The molecular formula is C14H13N5O2S2. The minimum absolute atomic E-state index is 0.0734. The predicted octanol–water partition coefficient (Wildman–Crippen LogP) is 2.15. The summed E-state index contributed by atoms with van der Waals surface area (Å²) in [6.45, 7) is 0.673. The summed E-state index contributed by atoms with van der Waals surface area (Å²) in [4.78, 5) is 15.0. The Labute approximate surface area is 140 Å². The third-order valence-electron chi connectivity index (χ3n) is 3.00. The van der Waals surface area contributed by atoms with Crippen molar-refractivity contribution in [3.8, 4) is 0 Å². The van der Waals surface area contributed by atoms with Crippen molar-refractivity contribution < 1.29 is 9.90 Å². The molecule has 0 radical (unpaired) electrons. The molecule has 0 aliphatic heterocycles. The van der Waals surface area contributed by atoms with Gasteiger partial charge in [-0.3, -0.25) is 4.79 Å². The highest BCUT2D eigenvalue weighted by molar-refractivity contribution is 8.00. The van der Waals surface area contributed by atoms with Gasteiger partial charge < -0.3 is 5.11 Å². The minimum atomic E-state index is -0.889. The first-order valence-electron chi connectivity index (χ1n) is 6.85. The number of tetrazole rings is 1. The van der Waals surface area contributed by atoms with E-state index in [-0.39, 0.29) is 6.42 Å². The summed E-state index contributed by atoms with van der Waals surface area (Å²) >= 11 is 2.74. The Bertz CT molecular complexity index is 787. The van der Waals surface area contributed by atoms with Crippen molar-refractivity contribution in [1.82, 2.24) is 25.2 Å². The molecule has 0 bridgehead atoms. The quantitative estimate of drug-likeness (QED) is 0.700. The van der Waals surface area contributed by atoms with Gasteiger partial charge in [-0.2, -0.15) is 0 Å². The number of carboxylic acids is 1. The molecule has 118 valence electrons. The van der Waals surface area contributed by atoms with E-state index in [9.17, 15) is 4.79 Å². The lowest BCUT2D eigenvalue weighted by Crippen LogP contribution is -2.05. The molecule has 0 saturated carbocycles. The van der Waals surface area contributed by atoms with Crippen LogP contribution in [0.1, 0.15) is 11.3 Å². The summed E-state index contributed by atoms with van der Waals surface area (Å²) in [5.41, 5.74) is 1.77. The zero-order valence-corrected chi connectivity index (χ0v) is 13.6. The molecule has 3 rings (SSSR count). The van der Waals surface area contributed by atoms with Gasteiger partial charge >= 0.3 is 5.97 Å². The number of aromatic nitrogens is 5. The standard InChI is InChI=1S/C14H13N5O2S2/c20-12(21)8-11-9-22-14(15-11)23-13-16-17-18-19(13)7-6-10-4-2-1-3-5-10/h1-5,9H,6-8H2,(H,20,21). The van der Waals surface area contributed by atoms with Crippen LogP contribution in [0.25, 0.3) is 0 Å². The summed E-state index contributed by atoms with van der Waals surface area (Å²) in [5, 5.41) is 22.9. The van der Waals surface area contributed by atoms with Gasteiger partial charge in [0.25, 0.3) is 0 Å². The maximum atomic E-state index is 10.7. The second-order valence-electron chi connectivity index (χ2n) is 4.70. The van der Waals surface area contributed by atoms with E-state index < -0.39 is 5.97 Å². The molecule has 0 atom stereocenters. The van der Waals surface area contributed by atoms with Gasteiger partial charge in [0, 0.05) is 11.9 Å². The van der Waals surface area contributed by atoms with Crippen LogP contribution in [0, 0.1) is 0 Å². The second-order valence-corrected chi connectivity index (χ2v) is 6.77. The van der Waals surface area contributed by atoms with Gasteiger partial charge in [0.05, 0.1) is 12.1 Å². The fourth-order valence-corrected chi connectivity index (χ4v) is 3.67. The molecule has 0 spiro atoms. The van der Waals surface area contributed by atoms with Crippen molar-refractivity contribution in [3.63, 3.8) is 0 Å². The Kier molecular flexibility index (Phi) is 4.99. The molecular weight excluding hydrogens is 334 g/mol. The molecule has 3 aromatic rings. The van der Waals surface area contributed by atoms with Gasteiger partial charge in [-0.25, -0.2) is 9.67 Å². The zero-order chi connectivity index (χ0) is 16.1. The molecule has 0 aliphatic carbocycles. The zero-order valence-electron chi connectivity index (χ0n) is 12.0. The maximum Gasteiger partial charge on any atom is 0.309 e. The summed E-state index contributed by atoms with van der Waals surface area (Å²) in [5.74, 6) is -0.889. The number of rotatable bonds is 7. The van der Waals surface area contributed by atoms with Gasteiger partial charge in [0.2, 0.25) is 5.16 Å². The third-order valence-corrected chi connectivity index (χ3v) is 4.96. The lowest BCUT2D eigenvalue weighted by Gasteiger charge is -2.03. The number of aliphatic carboxylic acids is 1. The number of nitrogens with zero attached hydrogens (tertiary/aromatic N) is 5. The smallest absolute Gasteiger partial charge is 0.309 e. The van der Waals surface area contributed by atoms with Crippen molar-refractivity contribution in [2.24, 2.45) is 0 Å². The van der Waals surface area contributed by atoms with E-state index in [1.807, 2.05) is 18.2 Å². The number of thiazole rings is 1. The highest BCUT2D eigenvalue weighted by atomic mass is 32.2. The predicted molar refractivity (Wildman–Crippen MR) is 85.5 cm³/mol. The molecule has 0 fully saturated rings. The normalized spacial score (nSPS) is 10.8. The van der Waals surface area contributed by atoms with E-state index in [0.717, 1.165) is 10.8 Å². The number of benzene rings is 1.